The number of aliphatic hydroxyl groups is 1. The molecule has 1 amide bonds. The van der Waals surface area contributed by atoms with Crippen LogP contribution in [0.15, 0.2) is 66.7 Å². The zero-order valence-electron chi connectivity index (χ0n) is 20.7. The first-order valence-corrected chi connectivity index (χ1v) is 12.1. The van der Waals surface area contributed by atoms with Crippen LogP contribution in [0.1, 0.15) is 54.0 Å². The minimum absolute atomic E-state index is 0.174. The van der Waals surface area contributed by atoms with Crippen LogP contribution in [0.3, 0.4) is 0 Å². The highest BCUT2D eigenvalue weighted by Crippen LogP contribution is 2.43. The van der Waals surface area contributed by atoms with E-state index in [-0.39, 0.29) is 19.0 Å². The SMILES string of the molecule is Cc1ccc(C(C)C)cc1CN1C(=O)[C@@](O)(CC(=O)/C=C/c2ccc3c(c2)OCO3)c2ccccc21. The van der Waals surface area contributed by atoms with Crippen molar-refractivity contribution in [2.24, 2.45) is 0 Å². The van der Waals surface area contributed by atoms with Crippen molar-refractivity contribution in [2.75, 3.05) is 11.7 Å². The summed E-state index contributed by atoms with van der Waals surface area (Å²) in [4.78, 5) is 28.2. The van der Waals surface area contributed by atoms with E-state index in [0.29, 0.717) is 35.2 Å². The number of allylic oxidation sites excluding steroid dienone is 1. The maximum absolute atomic E-state index is 13.6. The molecule has 0 spiro atoms. The third kappa shape index (κ3) is 4.29. The van der Waals surface area contributed by atoms with E-state index in [9.17, 15) is 14.7 Å². The molecule has 0 bridgehead atoms. The Morgan fingerprint density at radius 2 is 1.86 bits per heavy atom. The Hall–Kier alpha value is -3.90. The summed E-state index contributed by atoms with van der Waals surface area (Å²) in [5.41, 5.74) is 3.21. The van der Waals surface area contributed by atoms with E-state index in [2.05, 4.69) is 32.0 Å². The summed E-state index contributed by atoms with van der Waals surface area (Å²) in [6, 6.07) is 18.8. The molecule has 36 heavy (non-hydrogen) atoms. The number of nitrogens with zero attached hydrogens (tertiary/aromatic N) is 1. The quantitative estimate of drug-likeness (QED) is 0.464. The lowest BCUT2D eigenvalue weighted by molar-refractivity contribution is -0.140. The monoisotopic (exact) mass is 483 g/mol. The number of fused-ring (bicyclic) bond motifs is 2. The predicted octanol–water partition coefficient (Wildman–Crippen LogP) is 5.25. The van der Waals surface area contributed by atoms with Gasteiger partial charge in [-0.15, -0.1) is 0 Å². The topological polar surface area (TPSA) is 76.1 Å². The summed E-state index contributed by atoms with van der Waals surface area (Å²) < 4.78 is 10.7. The minimum Gasteiger partial charge on any atom is -0.454 e. The number of hydrogen-bond donors (Lipinski definition) is 1. The second kappa shape index (κ2) is 9.28. The molecular weight excluding hydrogens is 454 g/mol. The highest BCUT2D eigenvalue weighted by molar-refractivity contribution is 6.10. The summed E-state index contributed by atoms with van der Waals surface area (Å²) in [7, 11) is 0. The van der Waals surface area contributed by atoms with Gasteiger partial charge in [0, 0.05) is 5.56 Å². The first-order chi connectivity index (χ1) is 17.3. The molecule has 1 N–H and O–H groups in total. The van der Waals surface area contributed by atoms with Gasteiger partial charge in [0.25, 0.3) is 5.91 Å². The van der Waals surface area contributed by atoms with Crippen LogP contribution in [0.4, 0.5) is 5.69 Å². The van der Waals surface area contributed by atoms with E-state index < -0.39 is 11.5 Å². The Kier molecular flexibility index (Phi) is 6.14. The van der Waals surface area contributed by atoms with E-state index in [1.165, 1.54) is 11.6 Å². The Bertz CT molecular complexity index is 1380. The number of para-hydroxylation sites is 1. The fraction of sp³-hybridized carbons (Fsp3) is 0.267. The summed E-state index contributed by atoms with van der Waals surface area (Å²) in [5.74, 6) is 0.809. The molecule has 2 heterocycles. The third-order valence-corrected chi connectivity index (χ3v) is 6.90. The molecule has 0 saturated carbocycles. The Morgan fingerprint density at radius 1 is 1.08 bits per heavy atom. The molecule has 2 aliphatic rings. The van der Waals surface area contributed by atoms with Gasteiger partial charge in [0.15, 0.2) is 22.9 Å². The van der Waals surface area contributed by atoms with Gasteiger partial charge in [-0.1, -0.05) is 62.4 Å². The van der Waals surface area contributed by atoms with Gasteiger partial charge < -0.3 is 19.5 Å². The maximum atomic E-state index is 13.6. The van der Waals surface area contributed by atoms with Gasteiger partial charge in [0.2, 0.25) is 6.79 Å². The number of amides is 1. The Morgan fingerprint density at radius 3 is 2.67 bits per heavy atom. The molecule has 3 aromatic carbocycles. The molecule has 184 valence electrons. The van der Waals surface area contributed by atoms with Crippen molar-refractivity contribution in [1.82, 2.24) is 0 Å². The van der Waals surface area contributed by atoms with Crippen LogP contribution < -0.4 is 14.4 Å². The number of ether oxygens (including phenoxy) is 2. The molecule has 0 aromatic heterocycles. The molecule has 0 saturated heterocycles. The fourth-order valence-corrected chi connectivity index (χ4v) is 4.74. The molecule has 0 fully saturated rings. The van der Waals surface area contributed by atoms with E-state index in [0.717, 1.165) is 16.7 Å². The highest BCUT2D eigenvalue weighted by Gasteiger charge is 2.50. The summed E-state index contributed by atoms with van der Waals surface area (Å²) >= 11 is 0. The van der Waals surface area contributed by atoms with E-state index in [1.54, 1.807) is 35.2 Å². The molecule has 0 unspecified atom stereocenters. The average Bonchev–Trinajstić information content (AvgIpc) is 3.41. The van der Waals surface area contributed by atoms with Crippen LogP contribution in [-0.4, -0.2) is 23.6 Å². The largest absolute Gasteiger partial charge is 0.454 e. The standard InChI is InChI=1S/C30H29NO5/c1-19(2)22-11-8-20(3)23(15-22)17-31-26-7-5-4-6-25(26)30(34,29(31)33)16-24(32)12-9-21-10-13-27-28(14-21)36-18-35-27/h4-15,19,34H,16-18H2,1-3H3/b12-9+/t30-/m1/s1. The lowest BCUT2D eigenvalue weighted by Crippen LogP contribution is -2.41. The molecule has 6 heteroatoms. The summed E-state index contributed by atoms with van der Waals surface area (Å²) in [5, 5.41) is 11.6. The Balaban J connectivity index is 1.39. The van der Waals surface area contributed by atoms with Crippen LogP contribution in [0, 0.1) is 6.92 Å². The normalized spacial score (nSPS) is 18.4. The first kappa shape index (κ1) is 23.8. The van der Waals surface area contributed by atoms with Crippen molar-refractivity contribution in [2.45, 2.75) is 45.3 Å². The van der Waals surface area contributed by atoms with E-state index >= 15 is 0 Å². The lowest BCUT2D eigenvalue weighted by atomic mass is 9.89. The number of benzene rings is 3. The molecule has 6 nitrogen and oxygen atoms in total. The van der Waals surface area contributed by atoms with Crippen molar-refractivity contribution >= 4 is 23.5 Å². The highest BCUT2D eigenvalue weighted by atomic mass is 16.7. The van der Waals surface area contributed by atoms with E-state index in [1.807, 2.05) is 25.1 Å². The van der Waals surface area contributed by atoms with Crippen LogP contribution >= 0.6 is 0 Å². The smallest absolute Gasteiger partial charge is 0.264 e. The lowest BCUT2D eigenvalue weighted by Gasteiger charge is -2.23. The van der Waals surface area contributed by atoms with Crippen LogP contribution in [0.25, 0.3) is 6.08 Å². The molecule has 0 radical (unpaired) electrons. The van der Waals surface area contributed by atoms with Gasteiger partial charge in [0.05, 0.1) is 18.7 Å². The van der Waals surface area contributed by atoms with Gasteiger partial charge in [-0.3, -0.25) is 9.59 Å². The van der Waals surface area contributed by atoms with Gasteiger partial charge >= 0.3 is 0 Å². The second-order valence-electron chi connectivity index (χ2n) is 9.70. The Labute approximate surface area is 210 Å². The van der Waals surface area contributed by atoms with Crippen molar-refractivity contribution in [3.63, 3.8) is 0 Å². The minimum atomic E-state index is -1.92. The number of anilines is 1. The number of carbonyl (C=O) groups excluding carboxylic acids is 2. The van der Waals surface area contributed by atoms with Crippen molar-refractivity contribution in [3.05, 3.63) is 94.6 Å². The molecule has 5 rings (SSSR count). The zero-order chi connectivity index (χ0) is 25.4. The van der Waals surface area contributed by atoms with Crippen LogP contribution in [-0.2, 0) is 21.7 Å². The molecule has 1 atom stereocenters. The van der Waals surface area contributed by atoms with Crippen LogP contribution in [0.2, 0.25) is 0 Å². The fourth-order valence-electron chi connectivity index (χ4n) is 4.74. The number of hydrogen-bond acceptors (Lipinski definition) is 5. The molecule has 3 aromatic rings. The zero-order valence-corrected chi connectivity index (χ0v) is 20.7. The number of rotatable bonds is 7. The van der Waals surface area contributed by atoms with Crippen molar-refractivity contribution in [3.8, 4) is 11.5 Å². The number of aryl methyl sites for hydroxylation is 1. The third-order valence-electron chi connectivity index (χ3n) is 6.90. The van der Waals surface area contributed by atoms with Crippen molar-refractivity contribution in [1.29, 1.82) is 0 Å². The summed E-state index contributed by atoms with van der Waals surface area (Å²) in [6.07, 6.45) is 2.70. The predicted molar refractivity (Wildman–Crippen MR) is 138 cm³/mol. The first-order valence-electron chi connectivity index (χ1n) is 12.1. The van der Waals surface area contributed by atoms with E-state index in [4.69, 9.17) is 9.47 Å². The summed E-state index contributed by atoms with van der Waals surface area (Å²) in [6.45, 7) is 6.78. The van der Waals surface area contributed by atoms with Crippen LogP contribution in [0.5, 0.6) is 11.5 Å². The van der Waals surface area contributed by atoms with Gasteiger partial charge in [0.1, 0.15) is 0 Å². The number of ketones is 1. The average molecular weight is 484 g/mol. The molecule has 2 aliphatic heterocycles. The second-order valence-corrected chi connectivity index (χ2v) is 9.70. The molecular formula is C30H29NO5. The molecule has 0 aliphatic carbocycles. The van der Waals surface area contributed by atoms with Gasteiger partial charge in [-0.25, -0.2) is 0 Å². The van der Waals surface area contributed by atoms with Crippen molar-refractivity contribution < 1.29 is 24.2 Å². The maximum Gasteiger partial charge on any atom is 0.264 e. The van der Waals surface area contributed by atoms with Gasteiger partial charge in [-0.05, 0) is 59.4 Å². The number of carbonyl (C=O) groups is 2. The van der Waals surface area contributed by atoms with Gasteiger partial charge in [-0.2, -0.15) is 0 Å².